The summed E-state index contributed by atoms with van der Waals surface area (Å²) in [6, 6.07) is 12.5. The lowest BCUT2D eigenvalue weighted by molar-refractivity contribution is 0.103. The summed E-state index contributed by atoms with van der Waals surface area (Å²) in [5.74, 6) is -0.0994. The van der Waals surface area contributed by atoms with Gasteiger partial charge in [-0.3, -0.25) is 4.79 Å². The number of hydrogen-bond donors (Lipinski definition) is 1. The van der Waals surface area contributed by atoms with E-state index in [9.17, 15) is 4.79 Å². The van der Waals surface area contributed by atoms with Gasteiger partial charge in [0.05, 0.1) is 0 Å². The highest BCUT2D eigenvalue weighted by molar-refractivity contribution is 6.31. The number of nitrogens with two attached hydrogens (primary N) is 1. The second-order valence-electron chi connectivity index (χ2n) is 4.11. The summed E-state index contributed by atoms with van der Waals surface area (Å²) in [5.41, 5.74) is 8.53. The summed E-state index contributed by atoms with van der Waals surface area (Å²) in [7, 11) is 0. The van der Waals surface area contributed by atoms with Crippen LogP contribution in [0.2, 0.25) is 5.02 Å². The van der Waals surface area contributed by atoms with Gasteiger partial charge in [0.2, 0.25) is 0 Å². The average molecular weight is 260 g/mol. The van der Waals surface area contributed by atoms with Crippen LogP contribution in [-0.2, 0) is 6.42 Å². The summed E-state index contributed by atoms with van der Waals surface area (Å²) < 4.78 is 0. The monoisotopic (exact) mass is 259 g/mol. The van der Waals surface area contributed by atoms with Crippen LogP contribution in [0.3, 0.4) is 0 Å². The van der Waals surface area contributed by atoms with Gasteiger partial charge in [-0.1, -0.05) is 42.8 Å². The molecule has 0 saturated heterocycles. The van der Waals surface area contributed by atoms with Gasteiger partial charge in [-0.15, -0.1) is 0 Å². The van der Waals surface area contributed by atoms with E-state index >= 15 is 0 Å². The van der Waals surface area contributed by atoms with E-state index in [4.69, 9.17) is 17.3 Å². The fourth-order valence-corrected chi connectivity index (χ4v) is 1.94. The zero-order valence-electron chi connectivity index (χ0n) is 10.1. The van der Waals surface area contributed by atoms with Gasteiger partial charge >= 0.3 is 0 Å². The van der Waals surface area contributed by atoms with Gasteiger partial charge in [0, 0.05) is 21.8 Å². The van der Waals surface area contributed by atoms with E-state index in [0.717, 1.165) is 6.42 Å². The van der Waals surface area contributed by atoms with Crippen molar-refractivity contribution in [3.63, 3.8) is 0 Å². The second kappa shape index (κ2) is 5.23. The van der Waals surface area contributed by atoms with Gasteiger partial charge in [0.1, 0.15) is 0 Å². The normalized spacial score (nSPS) is 10.3. The molecule has 0 fully saturated rings. The van der Waals surface area contributed by atoms with E-state index in [-0.39, 0.29) is 5.78 Å². The Balaban J connectivity index is 2.38. The van der Waals surface area contributed by atoms with E-state index in [2.05, 4.69) is 6.92 Å². The third kappa shape index (κ3) is 2.54. The Morgan fingerprint density at radius 2 is 1.83 bits per heavy atom. The molecule has 2 aromatic rings. The maximum Gasteiger partial charge on any atom is 0.195 e. The Labute approximate surface area is 111 Å². The molecule has 0 spiro atoms. The van der Waals surface area contributed by atoms with Crippen molar-refractivity contribution in [3.8, 4) is 0 Å². The maximum absolute atomic E-state index is 12.3. The molecule has 0 heterocycles. The molecule has 2 nitrogen and oxygen atoms in total. The predicted octanol–water partition coefficient (Wildman–Crippen LogP) is 3.72. The molecule has 0 aliphatic rings. The molecule has 2 N–H and O–H groups in total. The Bertz CT molecular complexity index is 576. The molecule has 92 valence electrons. The largest absolute Gasteiger partial charge is 0.398 e. The number of carbonyl (C=O) groups excluding carboxylic acids is 1. The zero-order chi connectivity index (χ0) is 13.1. The predicted molar refractivity (Wildman–Crippen MR) is 75.1 cm³/mol. The first-order valence-corrected chi connectivity index (χ1v) is 6.18. The van der Waals surface area contributed by atoms with Gasteiger partial charge in [0.25, 0.3) is 0 Å². The molecule has 0 radical (unpaired) electrons. The van der Waals surface area contributed by atoms with Crippen LogP contribution in [0.15, 0.2) is 42.5 Å². The van der Waals surface area contributed by atoms with Crippen molar-refractivity contribution in [3.05, 3.63) is 64.2 Å². The van der Waals surface area contributed by atoms with Crippen LogP contribution in [-0.4, -0.2) is 5.78 Å². The Morgan fingerprint density at radius 3 is 2.44 bits per heavy atom. The van der Waals surface area contributed by atoms with Crippen LogP contribution < -0.4 is 5.73 Å². The molecule has 0 aliphatic carbocycles. The van der Waals surface area contributed by atoms with E-state index < -0.39 is 0 Å². The van der Waals surface area contributed by atoms with E-state index in [1.165, 1.54) is 5.56 Å². The molecule has 2 rings (SSSR count). The molecular weight excluding hydrogens is 246 g/mol. The van der Waals surface area contributed by atoms with Crippen LogP contribution in [0.25, 0.3) is 0 Å². The maximum atomic E-state index is 12.3. The standard InChI is InChI=1S/C15H14ClNO/c1-2-10-3-5-11(6-4-10)15(18)13-9-12(16)7-8-14(13)17/h3-9H,2,17H2,1H3. The molecule has 0 atom stereocenters. The number of benzene rings is 2. The molecule has 0 unspecified atom stereocenters. The quantitative estimate of drug-likeness (QED) is 0.674. The molecule has 0 saturated carbocycles. The van der Waals surface area contributed by atoms with Gasteiger partial charge in [-0.05, 0) is 30.2 Å². The number of rotatable bonds is 3. The third-order valence-corrected chi connectivity index (χ3v) is 3.12. The van der Waals surface area contributed by atoms with Crippen LogP contribution >= 0.6 is 11.6 Å². The first kappa shape index (κ1) is 12.7. The lowest BCUT2D eigenvalue weighted by Crippen LogP contribution is -2.05. The fraction of sp³-hybridized carbons (Fsp3) is 0.133. The third-order valence-electron chi connectivity index (χ3n) is 2.88. The van der Waals surface area contributed by atoms with Crippen molar-refractivity contribution >= 4 is 23.1 Å². The molecule has 0 bridgehead atoms. The molecule has 0 amide bonds. The highest BCUT2D eigenvalue weighted by atomic mass is 35.5. The number of halogens is 1. The smallest absolute Gasteiger partial charge is 0.195 e. The number of hydrogen-bond acceptors (Lipinski definition) is 2. The number of aryl methyl sites for hydroxylation is 1. The molecule has 3 heteroatoms. The SMILES string of the molecule is CCc1ccc(C(=O)c2cc(Cl)ccc2N)cc1. The van der Waals surface area contributed by atoms with Crippen LogP contribution in [0, 0.1) is 0 Å². The molecule has 18 heavy (non-hydrogen) atoms. The minimum Gasteiger partial charge on any atom is -0.398 e. The summed E-state index contributed by atoms with van der Waals surface area (Å²) in [6.45, 7) is 2.08. The number of ketones is 1. The zero-order valence-corrected chi connectivity index (χ0v) is 10.9. The van der Waals surface area contributed by atoms with Gasteiger partial charge < -0.3 is 5.73 Å². The molecule has 2 aromatic carbocycles. The minimum absolute atomic E-state index is 0.0994. The number of nitrogen functional groups attached to an aromatic ring is 1. The molecule has 0 aromatic heterocycles. The molecule has 0 aliphatic heterocycles. The van der Waals surface area contributed by atoms with Crippen molar-refractivity contribution in [2.24, 2.45) is 0 Å². The summed E-state index contributed by atoms with van der Waals surface area (Å²) in [4.78, 5) is 12.3. The van der Waals surface area contributed by atoms with Crippen LogP contribution in [0.5, 0.6) is 0 Å². The van der Waals surface area contributed by atoms with Gasteiger partial charge in [-0.25, -0.2) is 0 Å². The topological polar surface area (TPSA) is 43.1 Å². The Kier molecular flexibility index (Phi) is 3.68. The molecular formula is C15H14ClNO. The van der Waals surface area contributed by atoms with Crippen molar-refractivity contribution in [1.29, 1.82) is 0 Å². The average Bonchev–Trinajstić information content (AvgIpc) is 2.41. The van der Waals surface area contributed by atoms with Crippen molar-refractivity contribution in [2.75, 3.05) is 5.73 Å². The minimum atomic E-state index is -0.0994. The first-order valence-electron chi connectivity index (χ1n) is 5.80. The Morgan fingerprint density at radius 1 is 1.17 bits per heavy atom. The van der Waals surface area contributed by atoms with Crippen LogP contribution in [0.4, 0.5) is 5.69 Å². The van der Waals surface area contributed by atoms with Crippen molar-refractivity contribution in [2.45, 2.75) is 13.3 Å². The summed E-state index contributed by atoms with van der Waals surface area (Å²) in [6.07, 6.45) is 0.952. The van der Waals surface area contributed by atoms with Gasteiger partial charge in [-0.2, -0.15) is 0 Å². The lowest BCUT2D eigenvalue weighted by Gasteiger charge is -2.06. The van der Waals surface area contributed by atoms with Crippen molar-refractivity contribution in [1.82, 2.24) is 0 Å². The highest BCUT2D eigenvalue weighted by Gasteiger charge is 2.12. The lowest BCUT2D eigenvalue weighted by atomic mass is 10.0. The highest BCUT2D eigenvalue weighted by Crippen LogP contribution is 2.21. The van der Waals surface area contributed by atoms with Crippen LogP contribution in [0.1, 0.15) is 28.4 Å². The van der Waals surface area contributed by atoms with E-state index in [0.29, 0.717) is 21.8 Å². The van der Waals surface area contributed by atoms with Crippen molar-refractivity contribution < 1.29 is 4.79 Å². The Hall–Kier alpha value is -1.80. The second-order valence-corrected chi connectivity index (χ2v) is 4.55. The first-order chi connectivity index (χ1) is 8.61. The number of carbonyl (C=O) groups is 1. The summed E-state index contributed by atoms with van der Waals surface area (Å²) in [5, 5.41) is 0.512. The fourth-order valence-electron chi connectivity index (χ4n) is 1.77. The number of anilines is 1. The summed E-state index contributed by atoms with van der Waals surface area (Å²) >= 11 is 5.89. The van der Waals surface area contributed by atoms with E-state index in [1.54, 1.807) is 18.2 Å². The van der Waals surface area contributed by atoms with Gasteiger partial charge in [0.15, 0.2) is 5.78 Å². The van der Waals surface area contributed by atoms with E-state index in [1.807, 2.05) is 24.3 Å².